The molecule has 0 heterocycles. The number of hydrogen-bond acceptors (Lipinski definition) is 8. The van der Waals surface area contributed by atoms with Crippen LogP contribution >= 0.6 is 23.7 Å². The van der Waals surface area contributed by atoms with Crippen molar-refractivity contribution >= 4 is 23.7 Å². The van der Waals surface area contributed by atoms with E-state index in [1.807, 2.05) is 0 Å². The van der Waals surface area contributed by atoms with Gasteiger partial charge in [0.2, 0.25) is 0 Å². The van der Waals surface area contributed by atoms with Crippen LogP contribution in [-0.4, -0.2) is 39.8 Å². The third kappa shape index (κ3) is 12.0. The molecule has 0 aliphatic carbocycles. The molecule has 2 atom stereocenters. The maximum atomic E-state index is 11.5. The molecular weight excluding hydrogens is 361 g/mol. The first-order chi connectivity index (χ1) is 10.0. The molecule has 0 aromatic heterocycles. The number of hydrogen-bond donors (Lipinski definition) is 6. The Morgan fingerprint density at radius 1 is 1.09 bits per heavy atom. The number of unbranched alkanes of at least 4 members (excludes halogenated alkanes) is 4. The first-order valence-corrected chi connectivity index (χ1v) is 11.3. The first-order valence-electron chi connectivity index (χ1n) is 6.56. The van der Waals surface area contributed by atoms with Crippen molar-refractivity contribution in [2.75, 3.05) is 20.2 Å². The minimum atomic E-state index is -5.18. The van der Waals surface area contributed by atoms with E-state index in [2.05, 4.69) is 18.2 Å². The van der Waals surface area contributed by atoms with Gasteiger partial charge < -0.3 is 5.73 Å². The maximum absolute atomic E-state index is 11.5. The van der Waals surface area contributed by atoms with Crippen molar-refractivity contribution in [3.8, 4) is 0 Å². The third-order valence-corrected chi connectivity index (χ3v) is 7.15. The third-order valence-electron chi connectivity index (χ3n) is 2.41. The van der Waals surface area contributed by atoms with E-state index >= 15 is 0 Å². The van der Waals surface area contributed by atoms with E-state index in [0.29, 0.717) is 13.0 Å². The summed E-state index contributed by atoms with van der Waals surface area (Å²) in [5.74, 6) is 0. The zero-order chi connectivity index (χ0) is 17.3. The van der Waals surface area contributed by atoms with Crippen LogP contribution in [-0.2, 0) is 22.3 Å². The molecule has 0 radical (unpaired) electrons. The minimum Gasteiger partial charge on any atom is -0.330 e. The summed E-state index contributed by atoms with van der Waals surface area (Å²) in [4.78, 5) is 36.6. The summed E-state index contributed by atoms with van der Waals surface area (Å²) < 4.78 is 34.9. The van der Waals surface area contributed by atoms with Crippen molar-refractivity contribution in [3.05, 3.63) is 0 Å². The fourth-order valence-electron chi connectivity index (χ4n) is 1.39. The van der Waals surface area contributed by atoms with Crippen LogP contribution in [0, 0.1) is 0 Å². The van der Waals surface area contributed by atoms with E-state index in [4.69, 9.17) is 15.5 Å². The van der Waals surface area contributed by atoms with E-state index in [1.54, 1.807) is 0 Å². The molecule has 0 saturated carbocycles. The monoisotopic (exact) mass is 386 g/mol. The molecule has 0 fully saturated rings. The molecule has 0 aliphatic heterocycles. The molecule has 0 aliphatic rings. The molecule has 0 spiro atoms. The molecule has 136 valence electrons. The Morgan fingerprint density at radius 3 is 2.18 bits per heavy atom. The molecule has 22 heavy (non-hydrogen) atoms. The summed E-state index contributed by atoms with van der Waals surface area (Å²) in [6.07, 6.45) is 4.11. The van der Waals surface area contributed by atoms with Crippen LogP contribution in [0.3, 0.4) is 0 Å². The van der Waals surface area contributed by atoms with Gasteiger partial charge in [-0.3, -0.25) is 0 Å². The molecule has 2 unspecified atom stereocenters. The molecule has 0 aromatic carbocycles. The molecule has 14 heteroatoms. The minimum absolute atomic E-state index is 0.0709. The molecule has 0 saturated heterocycles. The Balaban J connectivity index is 4.12. The van der Waals surface area contributed by atoms with Crippen LogP contribution in [0.25, 0.3) is 0 Å². The summed E-state index contributed by atoms with van der Waals surface area (Å²) in [6.45, 7) is 0.688. The molecule has 0 bridgehead atoms. The van der Waals surface area contributed by atoms with Crippen molar-refractivity contribution in [1.29, 1.82) is 0 Å². The summed E-state index contributed by atoms with van der Waals surface area (Å²) in [6, 6.07) is 0. The van der Waals surface area contributed by atoms with Crippen molar-refractivity contribution in [2.45, 2.75) is 32.1 Å². The van der Waals surface area contributed by atoms with Gasteiger partial charge in [0, 0.05) is 0 Å². The number of phosphoric acid groups is 1. The summed E-state index contributed by atoms with van der Waals surface area (Å²) in [5, 5.41) is 2.07. The van der Waals surface area contributed by atoms with Gasteiger partial charge in [-0.05, 0) is 0 Å². The smallest absolute Gasteiger partial charge is 0.330 e. The van der Waals surface area contributed by atoms with Crippen LogP contribution < -0.4 is 10.8 Å². The average Bonchev–Trinajstić information content (AvgIpc) is 2.35. The van der Waals surface area contributed by atoms with E-state index < -0.39 is 23.7 Å². The summed E-state index contributed by atoms with van der Waals surface area (Å²) >= 11 is 0. The van der Waals surface area contributed by atoms with Gasteiger partial charge in [-0.15, -0.1) is 0 Å². The van der Waals surface area contributed by atoms with E-state index in [-0.39, 0.29) is 6.54 Å². The van der Waals surface area contributed by atoms with Gasteiger partial charge in [0.05, 0.1) is 0 Å². The Labute approximate surface area is 129 Å². The number of nitrogens with two attached hydrogens (primary N) is 1. The second-order valence-electron chi connectivity index (χ2n) is 4.38. The van der Waals surface area contributed by atoms with Crippen molar-refractivity contribution in [1.82, 2.24) is 5.09 Å². The molecule has 0 aromatic rings. The average molecular weight is 386 g/mol. The van der Waals surface area contributed by atoms with Crippen molar-refractivity contribution < 1.29 is 41.8 Å². The Bertz CT molecular complexity index is 408. The fraction of sp³-hybridized carbons (Fsp3) is 1.00. The topological polar surface area (TPSA) is 181 Å². The molecule has 11 nitrogen and oxygen atoms in total. The normalized spacial score (nSPS) is 18.6. The van der Waals surface area contributed by atoms with Gasteiger partial charge in [-0.25, -0.2) is 0 Å². The van der Waals surface area contributed by atoms with Gasteiger partial charge in [0.15, 0.2) is 0 Å². The van der Waals surface area contributed by atoms with Gasteiger partial charge >= 0.3 is 123 Å². The van der Waals surface area contributed by atoms with Crippen molar-refractivity contribution in [3.63, 3.8) is 0 Å². The SMILES string of the molecule is CO[PH](O)(O)OP(=O)(O)OP(=O)(O)NCCCCCCCN. The number of nitrogens with one attached hydrogen (secondary N) is 1. The van der Waals surface area contributed by atoms with Crippen LogP contribution in [0.5, 0.6) is 0 Å². The zero-order valence-corrected chi connectivity index (χ0v) is 15.0. The van der Waals surface area contributed by atoms with Gasteiger partial charge in [-0.2, -0.15) is 0 Å². The van der Waals surface area contributed by atoms with Crippen molar-refractivity contribution in [2.24, 2.45) is 5.73 Å². The van der Waals surface area contributed by atoms with E-state index in [9.17, 15) is 18.9 Å². The Kier molecular flexibility index (Phi) is 10.7. The Morgan fingerprint density at radius 2 is 1.64 bits per heavy atom. The van der Waals surface area contributed by atoms with Crippen LogP contribution in [0.4, 0.5) is 0 Å². The predicted octanol–water partition coefficient (Wildman–Crippen LogP) is 0.760. The molecule has 0 amide bonds. The van der Waals surface area contributed by atoms with E-state index in [0.717, 1.165) is 32.8 Å². The Hall–Kier alpha value is 0.530. The molecule has 7 N–H and O–H groups in total. The van der Waals surface area contributed by atoms with E-state index in [1.165, 1.54) is 0 Å². The molecule has 0 rings (SSSR count). The van der Waals surface area contributed by atoms with Crippen LogP contribution in [0.1, 0.15) is 32.1 Å². The second-order valence-corrected chi connectivity index (χ2v) is 9.56. The number of rotatable bonds is 13. The predicted molar refractivity (Wildman–Crippen MR) is 81.7 cm³/mol. The first kappa shape index (κ1) is 22.5. The quantitative estimate of drug-likeness (QED) is 0.194. The standard InChI is InChI=1S/C8H25N2O9P3/c1-17-21(13,14)19-22(15,16)18-20(11,12)10-8-6-4-2-3-5-7-9/h13-14,21H,2-9H2,1H3,(H,15,16)(H2,10,11,12). The molecular formula is C8H25N2O9P3. The van der Waals surface area contributed by atoms with Gasteiger partial charge in [0.25, 0.3) is 0 Å². The fourth-order valence-corrected chi connectivity index (χ4v) is 5.12. The van der Waals surface area contributed by atoms with Gasteiger partial charge in [0.1, 0.15) is 0 Å². The van der Waals surface area contributed by atoms with Crippen LogP contribution in [0.2, 0.25) is 0 Å². The van der Waals surface area contributed by atoms with Gasteiger partial charge in [-0.1, -0.05) is 0 Å². The zero-order valence-electron chi connectivity index (χ0n) is 12.3. The second kappa shape index (κ2) is 10.4. The van der Waals surface area contributed by atoms with Crippen LogP contribution in [0.15, 0.2) is 0 Å². The summed E-state index contributed by atoms with van der Waals surface area (Å²) in [5.41, 5.74) is 5.34. The summed E-state index contributed by atoms with van der Waals surface area (Å²) in [7, 11) is -13.9.